The van der Waals surface area contributed by atoms with Crippen molar-refractivity contribution in [2.45, 2.75) is 5.41 Å². The summed E-state index contributed by atoms with van der Waals surface area (Å²) in [6, 6.07) is 87.0. The quantitative estimate of drug-likeness (QED) is 0.169. The lowest BCUT2D eigenvalue weighted by Gasteiger charge is -2.30. The van der Waals surface area contributed by atoms with Crippen molar-refractivity contribution in [3.63, 3.8) is 0 Å². The lowest BCUT2D eigenvalue weighted by Crippen LogP contribution is -2.25. The van der Waals surface area contributed by atoms with Gasteiger partial charge < -0.3 is 0 Å². The van der Waals surface area contributed by atoms with E-state index >= 15 is 0 Å². The van der Waals surface area contributed by atoms with Crippen molar-refractivity contribution in [2.24, 2.45) is 0 Å². The summed E-state index contributed by atoms with van der Waals surface area (Å²) in [6.07, 6.45) is 0. The van der Waals surface area contributed by atoms with Crippen LogP contribution in [0, 0.1) is 0 Å². The number of nitrogens with zero attached hydrogens (tertiary/aromatic N) is 1. The summed E-state index contributed by atoms with van der Waals surface area (Å²) in [6.45, 7) is 0. The maximum Gasteiger partial charge on any atom is 0.0726 e. The highest BCUT2D eigenvalue weighted by Gasteiger charge is 2.52. The van der Waals surface area contributed by atoms with Gasteiger partial charge in [0.25, 0.3) is 0 Å². The van der Waals surface area contributed by atoms with Crippen molar-refractivity contribution in [1.82, 2.24) is 4.98 Å². The third-order valence-electron chi connectivity index (χ3n) is 13.6. The molecule has 0 fully saturated rings. The molecule has 292 valence electrons. The molecule has 63 heavy (non-hydrogen) atoms. The van der Waals surface area contributed by atoms with E-state index in [1.54, 1.807) is 0 Å². The molecule has 0 N–H and O–H groups in total. The summed E-state index contributed by atoms with van der Waals surface area (Å²) in [5.74, 6) is 0. The molecule has 1 spiro atoms. The topological polar surface area (TPSA) is 12.9 Å². The molecule has 0 radical (unpaired) electrons. The van der Waals surface area contributed by atoms with Crippen molar-refractivity contribution in [2.75, 3.05) is 0 Å². The largest absolute Gasteiger partial charge is 0.248 e. The average molecular weight is 798 g/mol. The summed E-state index contributed by atoms with van der Waals surface area (Å²) in [5.41, 5.74) is 21.2. The summed E-state index contributed by atoms with van der Waals surface area (Å²) >= 11 is 0. The molecular formula is C62H39N. The normalized spacial score (nSPS) is 12.9. The number of aromatic nitrogens is 1. The molecule has 0 unspecified atom stereocenters. The smallest absolute Gasteiger partial charge is 0.0726 e. The number of benzene rings is 10. The van der Waals surface area contributed by atoms with E-state index in [4.69, 9.17) is 4.98 Å². The van der Waals surface area contributed by atoms with Crippen molar-refractivity contribution in [3.05, 3.63) is 259 Å². The van der Waals surface area contributed by atoms with Crippen LogP contribution in [-0.2, 0) is 5.41 Å². The third-order valence-corrected chi connectivity index (χ3v) is 13.6. The Labute approximate surface area is 367 Å². The van der Waals surface area contributed by atoms with Crippen molar-refractivity contribution >= 4 is 21.5 Å². The number of pyridine rings is 1. The van der Waals surface area contributed by atoms with Crippen molar-refractivity contribution in [1.29, 1.82) is 0 Å². The van der Waals surface area contributed by atoms with Gasteiger partial charge in [-0.2, -0.15) is 0 Å². The number of fused-ring (bicyclic) bond motifs is 14. The molecule has 0 saturated carbocycles. The van der Waals surface area contributed by atoms with Crippen LogP contribution in [0.4, 0.5) is 0 Å². The molecule has 0 saturated heterocycles. The van der Waals surface area contributed by atoms with Gasteiger partial charge in [-0.15, -0.1) is 0 Å². The van der Waals surface area contributed by atoms with E-state index in [1.165, 1.54) is 77.2 Å². The van der Waals surface area contributed by atoms with Crippen LogP contribution < -0.4 is 0 Å². The van der Waals surface area contributed by atoms with Gasteiger partial charge in [-0.05, 0) is 136 Å². The van der Waals surface area contributed by atoms with Gasteiger partial charge in [0.15, 0.2) is 0 Å². The number of hydrogen-bond donors (Lipinski definition) is 0. The van der Waals surface area contributed by atoms with Crippen molar-refractivity contribution < 1.29 is 0 Å². The lowest BCUT2D eigenvalue weighted by molar-refractivity contribution is 0.795. The summed E-state index contributed by atoms with van der Waals surface area (Å²) in [5, 5.41) is 5.13. The van der Waals surface area contributed by atoms with Crippen LogP contribution in [0.25, 0.3) is 99.7 Å². The summed E-state index contributed by atoms with van der Waals surface area (Å²) in [7, 11) is 0. The molecule has 11 aromatic rings. The predicted octanol–water partition coefficient (Wildman–Crippen LogP) is 16.1. The Hall–Kier alpha value is -8.13. The first-order valence-corrected chi connectivity index (χ1v) is 21.9. The third kappa shape index (κ3) is 5.40. The Morgan fingerprint density at radius 1 is 0.254 bits per heavy atom. The SMILES string of the molecule is c1ccc(-c2cc(-c3ccccc3)cc(-c3cc(-c4ccccc4)cc(-c4ccc5c(c4)-c4ccccc4C54c5ccc6ccccc6c5-c5c4ccc4ccccc54)n3)c2)cc1. The first-order chi connectivity index (χ1) is 31.2. The van der Waals surface area contributed by atoms with Crippen LogP contribution in [0.5, 0.6) is 0 Å². The molecule has 1 heterocycles. The molecule has 0 aliphatic heterocycles. The van der Waals surface area contributed by atoms with Crippen molar-refractivity contribution in [3.8, 4) is 78.1 Å². The zero-order valence-corrected chi connectivity index (χ0v) is 34.5. The number of rotatable bonds is 5. The zero-order valence-electron chi connectivity index (χ0n) is 34.5. The van der Waals surface area contributed by atoms with E-state index in [2.05, 4.69) is 237 Å². The van der Waals surface area contributed by atoms with Gasteiger partial charge in [0.1, 0.15) is 0 Å². The van der Waals surface area contributed by atoms with Crippen LogP contribution in [-0.4, -0.2) is 4.98 Å². The van der Waals surface area contributed by atoms with E-state index in [0.29, 0.717) is 0 Å². The van der Waals surface area contributed by atoms with Gasteiger partial charge in [0.05, 0.1) is 16.8 Å². The van der Waals surface area contributed by atoms with E-state index in [1.807, 2.05) is 0 Å². The molecule has 0 atom stereocenters. The maximum atomic E-state index is 5.58. The predicted molar refractivity (Wildman–Crippen MR) is 263 cm³/mol. The fourth-order valence-corrected chi connectivity index (χ4v) is 10.9. The summed E-state index contributed by atoms with van der Waals surface area (Å²) < 4.78 is 0. The van der Waals surface area contributed by atoms with Crippen LogP contribution in [0.15, 0.2) is 237 Å². The summed E-state index contributed by atoms with van der Waals surface area (Å²) in [4.78, 5) is 5.58. The molecule has 1 heteroatoms. The Kier molecular flexibility index (Phi) is 7.89. The van der Waals surface area contributed by atoms with Gasteiger partial charge in [0, 0.05) is 11.1 Å². The maximum absolute atomic E-state index is 5.58. The van der Waals surface area contributed by atoms with E-state index < -0.39 is 5.41 Å². The zero-order chi connectivity index (χ0) is 41.5. The monoisotopic (exact) mass is 797 g/mol. The van der Waals surface area contributed by atoms with Crippen LogP contribution in [0.1, 0.15) is 22.3 Å². The van der Waals surface area contributed by atoms with Crippen LogP contribution in [0.2, 0.25) is 0 Å². The Morgan fingerprint density at radius 2 is 0.683 bits per heavy atom. The van der Waals surface area contributed by atoms with Gasteiger partial charge in [0.2, 0.25) is 0 Å². The molecule has 0 amide bonds. The molecule has 2 aliphatic rings. The highest BCUT2D eigenvalue weighted by atomic mass is 14.7. The van der Waals surface area contributed by atoms with Gasteiger partial charge in [-0.3, -0.25) is 0 Å². The Morgan fingerprint density at radius 3 is 1.25 bits per heavy atom. The highest BCUT2D eigenvalue weighted by Crippen LogP contribution is 2.65. The van der Waals surface area contributed by atoms with E-state index in [9.17, 15) is 0 Å². The first kappa shape index (κ1) is 35.6. The van der Waals surface area contributed by atoms with Gasteiger partial charge in [-0.1, -0.05) is 200 Å². The Bertz CT molecular complexity index is 3460. The molecule has 1 aromatic heterocycles. The fourth-order valence-electron chi connectivity index (χ4n) is 10.9. The second-order valence-electron chi connectivity index (χ2n) is 17.0. The standard InChI is InChI=1S/C62H39N/c1-4-16-40(17-5-1)46-34-47(41-18-6-2-7-19-41)36-49(35-46)59-39-48(42-20-8-3-9-21-42)38-58(63-59)45-30-31-55-53(37-45)52-26-14-15-27-54(52)62(55)56-32-28-43-22-10-12-24-50(43)60(56)61-51-25-13-11-23-44(51)29-33-57(61)62/h1-39H. The number of hydrogen-bond acceptors (Lipinski definition) is 1. The average Bonchev–Trinajstić information content (AvgIpc) is 3.84. The second-order valence-corrected chi connectivity index (χ2v) is 17.0. The molecule has 10 aromatic carbocycles. The Balaban J connectivity index is 1.05. The minimum atomic E-state index is -0.473. The van der Waals surface area contributed by atoms with Crippen LogP contribution in [0.3, 0.4) is 0 Å². The molecule has 2 aliphatic carbocycles. The lowest BCUT2D eigenvalue weighted by atomic mass is 9.70. The van der Waals surface area contributed by atoms with Crippen LogP contribution >= 0.6 is 0 Å². The molecular weight excluding hydrogens is 759 g/mol. The molecule has 0 bridgehead atoms. The highest BCUT2D eigenvalue weighted by molar-refractivity contribution is 6.13. The minimum absolute atomic E-state index is 0.473. The first-order valence-electron chi connectivity index (χ1n) is 21.9. The second kappa shape index (κ2) is 14.0. The van der Waals surface area contributed by atoms with E-state index in [0.717, 1.165) is 44.8 Å². The van der Waals surface area contributed by atoms with E-state index in [-0.39, 0.29) is 0 Å². The van der Waals surface area contributed by atoms with Gasteiger partial charge in [-0.25, -0.2) is 4.98 Å². The molecule has 1 nitrogen and oxygen atoms in total. The minimum Gasteiger partial charge on any atom is -0.248 e. The molecule has 13 rings (SSSR count). The fraction of sp³-hybridized carbons (Fsp3) is 0.0161. The van der Waals surface area contributed by atoms with Gasteiger partial charge >= 0.3 is 0 Å².